The first-order valence-corrected chi connectivity index (χ1v) is 3.91. The van der Waals surface area contributed by atoms with Gasteiger partial charge in [-0.15, -0.1) is 0 Å². The first-order chi connectivity index (χ1) is 5.17. The van der Waals surface area contributed by atoms with E-state index in [1.807, 2.05) is 0 Å². The van der Waals surface area contributed by atoms with Crippen LogP contribution in [0.15, 0.2) is 21.8 Å². The Morgan fingerprint density at radius 3 is 2.91 bits per heavy atom. The second kappa shape index (κ2) is 2.60. The quantitative estimate of drug-likeness (QED) is 0.397. The van der Waals surface area contributed by atoms with Crippen LogP contribution in [-0.4, -0.2) is 18.6 Å². The minimum absolute atomic E-state index is 0.143. The van der Waals surface area contributed by atoms with Crippen LogP contribution in [0.4, 0.5) is 0 Å². The van der Waals surface area contributed by atoms with Crippen LogP contribution in [0, 0.1) is 0 Å². The van der Waals surface area contributed by atoms with E-state index in [0.717, 1.165) is 12.4 Å². The van der Waals surface area contributed by atoms with Gasteiger partial charge in [-0.2, -0.15) is 5.10 Å². The maximum absolute atomic E-state index is 10.8. The summed E-state index contributed by atoms with van der Waals surface area (Å²) in [6.45, 7) is 0. The molecule has 0 atom stereocenters. The lowest BCUT2D eigenvalue weighted by Gasteiger charge is -1.85. The predicted molar refractivity (Wildman–Crippen MR) is 34.9 cm³/mol. The summed E-state index contributed by atoms with van der Waals surface area (Å²) in [7, 11) is -3.85. The van der Waals surface area contributed by atoms with Crippen molar-refractivity contribution >= 4 is 10.0 Å². The van der Waals surface area contributed by atoms with Crippen molar-refractivity contribution in [2.24, 2.45) is 4.52 Å². The van der Waals surface area contributed by atoms with Gasteiger partial charge in [0, 0.05) is 15.6 Å². The molecule has 58 valence electrons. The fourth-order valence-electron chi connectivity index (χ4n) is 0.475. The summed E-state index contributed by atoms with van der Waals surface area (Å²) in [5.74, 6) is 0. The summed E-state index contributed by atoms with van der Waals surface area (Å²) in [5, 5.41) is 5.67. The van der Waals surface area contributed by atoms with Crippen molar-refractivity contribution in [3.05, 3.63) is 22.8 Å². The SMILES string of the molecule is [N-]=[N+]=NS(=O)(=O)c1cn[nH]c1. The lowest BCUT2D eigenvalue weighted by atomic mass is 10.7. The molecule has 0 fully saturated rings. The molecule has 1 aromatic rings. The van der Waals surface area contributed by atoms with Crippen molar-refractivity contribution in [1.29, 1.82) is 0 Å². The van der Waals surface area contributed by atoms with Gasteiger partial charge in [0.05, 0.1) is 6.20 Å². The highest BCUT2D eigenvalue weighted by molar-refractivity contribution is 7.90. The van der Waals surface area contributed by atoms with E-state index in [1.54, 1.807) is 0 Å². The molecule has 0 radical (unpaired) electrons. The molecule has 1 N–H and O–H groups in total. The van der Waals surface area contributed by atoms with Crippen LogP contribution in [0.5, 0.6) is 0 Å². The number of hydrogen-bond acceptors (Lipinski definition) is 3. The maximum atomic E-state index is 10.8. The Balaban J connectivity index is 3.22. The van der Waals surface area contributed by atoms with Crippen molar-refractivity contribution in [3.8, 4) is 0 Å². The third kappa shape index (κ3) is 1.48. The van der Waals surface area contributed by atoms with Crippen LogP contribution in [0.1, 0.15) is 0 Å². The number of nitrogens with one attached hydrogen (secondary N) is 1. The van der Waals surface area contributed by atoms with Gasteiger partial charge in [-0.25, -0.2) is 8.42 Å². The molecule has 0 unspecified atom stereocenters. The van der Waals surface area contributed by atoms with E-state index >= 15 is 0 Å². The number of aromatic amines is 1. The minimum atomic E-state index is -3.85. The van der Waals surface area contributed by atoms with E-state index in [4.69, 9.17) is 5.53 Å². The molecule has 8 heteroatoms. The first-order valence-electron chi connectivity index (χ1n) is 2.47. The van der Waals surface area contributed by atoms with E-state index in [2.05, 4.69) is 19.6 Å². The fraction of sp³-hybridized carbons (Fsp3) is 0. The summed E-state index contributed by atoms with van der Waals surface area (Å²) in [5.41, 5.74) is 7.85. The van der Waals surface area contributed by atoms with E-state index in [0.29, 0.717) is 0 Å². The third-order valence-corrected chi connectivity index (χ3v) is 2.02. The Labute approximate surface area is 61.7 Å². The molecule has 1 rings (SSSR count). The minimum Gasteiger partial charge on any atom is -0.284 e. The largest absolute Gasteiger partial charge is 0.284 e. The highest BCUT2D eigenvalue weighted by Gasteiger charge is 2.11. The fourth-order valence-corrected chi connectivity index (χ4v) is 1.05. The van der Waals surface area contributed by atoms with E-state index in [-0.39, 0.29) is 4.90 Å². The van der Waals surface area contributed by atoms with Crippen molar-refractivity contribution in [3.63, 3.8) is 0 Å². The molecule has 0 saturated carbocycles. The molecular formula is C3H3N5O2S. The molecule has 1 heterocycles. The Hall–Kier alpha value is -1.53. The number of rotatable bonds is 2. The smallest absolute Gasteiger partial charge is 0.267 e. The second-order valence-electron chi connectivity index (χ2n) is 1.58. The zero-order chi connectivity index (χ0) is 8.32. The Morgan fingerprint density at radius 2 is 2.45 bits per heavy atom. The van der Waals surface area contributed by atoms with Gasteiger partial charge in [-0.05, 0) is 5.53 Å². The summed E-state index contributed by atoms with van der Waals surface area (Å²) >= 11 is 0. The van der Waals surface area contributed by atoms with E-state index in [9.17, 15) is 8.42 Å². The van der Waals surface area contributed by atoms with Gasteiger partial charge in [0.1, 0.15) is 4.90 Å². The Bertz CT molecular complexity index is 372. The third-order valence-electron chi connectivity index (χ3n) is 0.915. The predicted octanol–water partition coefficient (Wildman–Crippen LogP) is 0.409. The average Bonchev–Trinajstić information content (AvgIpc) is 2.37. The molecule has 1 aromatic heterocycles. The van der Waals surface area contributed by atoms with E-state index < -0.39 is 10.0 Å². The van der Waals surface area contributed by atoms with Gasteiger partial charge in [-0.3, -0.25) is 5.10 Å². The van der Waals surface area contributed by atoms with Crippen molar-refractivity contribution < 1.29 is 8.42 Å². The van der Waals surface area contributed by atoms with Gasteiger partial charge in [0.15, 0.2) is 0 Å². The van der Waals surface area contributed by atoms with E-state index in [1.165, 1.54) is 0 Å². The molecule has 0 saturated heterocycles. The van der Waals surface area contributed by atoms with Gasteiger partial charge >= 0.3 is 0 Å². The normalized spacial score (nSPS) is 10.5. The Kier molecular flexibility index (Phi) is 1.79. The summed E-state index contributed by atoms with van der Waals surface area (Å²) in [6.07, 6.45) is 2.19. The van der Waals surface area contributed by atoms with Crippen LogP contribution in [0.25, 0.3) is 10.4 Å². The number of azide groups is 1. The standard InChI is InChI=1S/C3H3N5O2S/c4-7-8-11(9,10)3-1-5-6-2-3/h1-2H,(H,5,6). The number of sulfonamides is 1. The van der Waals surface area contributed by atoms with Crippen LogP contribution < -0.4 is 0 Å². The summed E-state index contributed by atoms with van der Waals surface area (Å²) < 4.78 is 24.2. The Morgan fingerprint density at radius 1 is 1.73 bits per heavy atom. The monoisotopic (exact) mass is 173 g/mol. The van der Waals surface area contributed by atoms with Crippen LogP contribution in [-0.2, 0) is 10.0 Å². The van der Waals surface area contributed by atoms with Gasteiger partial charge < -0.3 is 0 Å². The molecule has 7 nitrogen and oxygen atoms in total. The van der Waals surface area contributed by atoms with Gasteiger partial charge in [0.25, 0.3) is 10.0 Å². The zero-order valence-corrected chi connectivity index (χ0v) is 5.98. The number of aromatic nitrogens is 2. The van der Waals surface area contributed by atoms with Crippen LogP contribution in [0.2, 0.25) is 0 Å². The molecule has 0 aliphatic rings. The molecule has 0 spiro atoms. The molecule has 0 bridgehead atoms. The topological polar surface area (TPSA) is 112 Å². The molecular weight excluding hydrogens is 170 g/mol. The zero-order valence-electron chi connectivity index (χ0n) is 5.17. The number of H-pyrrole nitrogens is 1. The second-order valence-corrected chi connectivity index (χ2v) is 3.17. The highest BCUT2D eigenvalue weighted by Crippen LogP contribution is 2.08. The van der Waals surface area contributed by atoms with Gasteiger partial charge in [0.2, 0.25) is 0 Å². The lowest BCUT2D eigenvalue weighted by molar-refractivity contribution is 0.597. The van der Waals surface area contributed by atoms with Crippen molar-refractivity contribution in [1.82, 2.24) is 10.2 Å². The highest BCUT2D eigenvalue weighted by atomic mass is 32.2. The summed E-state index contributed by atoms with van der Waals surface area (Å²) in [6, 6.07) is 0. The van der Waals surface area contributed by atoms with Crippen LogP contribution in [0.3, 0.4) is 0 Å². The number of hydrogen-bond donors (Lipinski definition) is 1. The average molecular weight is 173 g/mol. The number of nitrogens with zero attached hydrogens (tertiary/aromatic N) is 4. The lowest BCUT2D eigenvalue weighted by Crippen LogP contribution is -1.91. The molecule has 0 aliphatic heterocycles. The summed E-state index contributed by atoms with van der Waals surface area (Å²) in [4.78, 5) is 2.02. The first kappa shape index (κ1) is 7.58. The van der Waals surface area contributed by atoms with Crippen molar-refractivity contribution in [2.75, 3.05) is 0 Å². The maximum Gasteiger partial charge on any atom is 0.267 e. The van der Waals surface area contributed by atoms with Gasteiger partial charge in [-0.1, -0.05) is 0 Å². The molecule has 0 amide bonds. The molecule has 11 heavy (non-hydrogen) atoms. The molecule has 0 aliphatic carbocycles. The van der Waals surface area contributed by atoms with Crippen molar-refractivity contribution in [2.45, 2.75) is 4.90 Å². The molecule has 0 aromatic carbocycles. The van der Waals surface area contributed by atoms with Crippen LogP contribution >= 0.6 is 0 Å².